The maximum atomic E-state index is 10.8. The Balaban J connectivity index is 2.10. The van der Waals surface area contributed by atoms with E-state index < -0.39 is 17.4 Å². The molecular weight excluding hydrogens is 290 g/mol. The van der Waals surface area contributed by atoms with Gasteiger partial charge in [0.05, 0.1) is 23.2 Å². The lowest BCUT2D eigenvalue weighted by atomic mass is 10.2. The number of hydrogen-bond donors (Lipinski definition) is 2. The summed E-state index contributed by atoms with van der Waals surface area (Å²) in [6, 6.07) is 4.53. The highest BCUT2D eigenvalue weighted by Crippen LogP contribution is 2.34. The first-order chi connectivity index (χ1) is 10.4. The zero-order valence-corrected chi connectivity index (χ0v) is 12.7. The van der Waals surface area contributed by atoms with Gasteiger partial charge in [0, 0.05) is 19.2 Å². The smallest absolute Gasteiger partial charge is 0.273 e. The van der Waals surface area contributed by atoms with Crippen LogP contribution in [-0.2, 0) is 0 Å². The van der Waals surface area contributed by atoms with E-state index in [1.807, 2.05) is 4.90 Å². The third-order valence-corrected chi connectivity index (χ3v) is 3.70. The summed E-state index contributed by atoms with van der Waals surface area (Å²) in [7, 11) is 0. The number of hydrogen-bond acceptors (Lipinski definition) is 7. The third-order valence-electron chi connectivity index (χ3n) is 3.70. The van der Waals surface area contributed by atoms with Gasteiger partial charge in [-0.2, -0.15) is 0 Å². The van der Waals surface area contributed by atoms with Gasteiger partial charge in [-0.05, 0) is 19.9 Å². The van der Waals surface area contributed by atoms with Crippen LogP contribution in [0, 0.1) is 10.1 Å². The number of nitrogens with zero attached hydrogens (tertiary/aromatic N) is 3. The SMILES string of the molecule is CC(O)N(CCN1CCOc2cc([N+](=O)[O-])ccc21)C(C)O. The van der Waals surface area contributed by atoms with Crippen LogP contribution in [0.15, 0.2) is 18.2 Å². The fraction of sp³-hybridized carbons (Fsp3) is 0.571. The highest BCUT2D eigenvalue weighted by Gasteiger charge is 2.23. The Bertz CT molecular complexity index is 527. The molecule has 0 aromatic heterocycles. The second-order valence-electron chi connectivity index (χ2n) is 5.25. The summed E-state index contributed by atoms with van der Waals surface area (Å²) >= 11 is 0. The summed E-state index contributed by atoms with van der Waals surface area (Å²) in [5, 5.41) is 30.1. The monoisotopic (exact) mass is 311 g/mol. The summed E-state index contributed by atoms with van der Waals surface area (Å²) in [6.07, 6.45) is -1.50. The quantitative estimate of drug-likeness (QED) is 0.455. The van der Waals surface area contributed by atoms with E-state index in [0.29, 0.717) is 32.0 Å². The van der Waals surface area contributed by atoms with Crippen molar-refractivity contribution in [1.82, 2.24) is 4.90 Å². The predicted octanol–water partition coefficient (Wildman–Crippen LogP) is 0.772. The summed E-state index contributed by atoms with van der Waals surface area (Å²) in [4.78, 5) is 13.9. The molecule has 22 heavy (non-hydrogen) atoms. The van der Waals surface area contributed by atoms with Crippen LogP contribution in [0.3, 0.4) is 0 Å². The van der Waals surface area contributed by atoms with E-state index in [1.54, 1.807) is 24.8 Å². The maximum absolute atomic E-state index is 10.8. The van der Waals surface area contributed by atoms with Crippen LogP contribution in [0.2, 0.25) is 0 Å². The lowest BCUT2D eigenvalue weighted by Crippen LogP contribution is -2.46. The number of ether oxygens (including phenoxy) is 1. The molecule has 1 aromatic carbocycles. The van der Waals surface area contributed by atoms with Gasteiger partial charge >= 0.3 is 0 Å². The second-order valence-corrected chi connectivity index (χ2v) is 5.25. The van der Waals surface area contributed by atoms with Crippen molar-refractivity contribution in [3.8, 4) is 5.75 Å². The van der Waals surface area contributed by atoms with Gasteiger partial charge in [-0.1, -0.05) is 0 Å². The highest BCUT2D eigenvalue weighted by molar-refractivity contribution is 5.63. The fourth-order valence-corrected chi connectivity index (χ4v) is 2.53. The van der Waals surface area contributed by atoms with Crippen LogP contribution >= 0.6 is 0 Å². The van der Waals surface area contributed by atoms with Crippen molar-refractivity contribution in [3.05, 3.63) is 28.3 Å². The summed E-state index contributed by atoms with van der Waals surface area (Å²) < 4.78 is 5.49. The number of anilines is 1. The first-order valence-corrected chi connectivity index (χ1v) is 7.18. The van der Waals surface area contributed by atoms with Crippen LogP contribution in [0.4, 0.5) is 11.4 Å². The number of non-ortho nitro benzene ring substituents is 1. The Morgan fingerprint density at radius 3 is 2.68 bits per heavy atom. The van der Waals surface area contributed by atoms with Crippen molar-refractivity contribution >= 4 is 11.4 Å². The molecule has 2 N–H and O–H groups in total. The van der Waals surface area contributed by atoms with Gasteiger partial charge in [-0.25, -0.2) is 0 Å². The van der Waals surface area contributed by atoms with Crippen LogP contribution in [0.25, 0.3) is 0 Å². The molecule has 0 saturated carbocycles. The summed E-state index contributed by atoms with van der Waals surface area (Å²) in [5.41, 5.74) is 0.781. The molecule has 1 aliphatic rings. The van der Waals surface area contributed by atoms with E-state index >= 15 is 0 Å². The minimum absolute atomic E-state index is 0.00446. The van der Waals surface area contributed by atoms with E-state index in [4.69, 9.17) is 4.74 Å². The first-order valence-electron chi connectivity index (χ1n) is 7.18. The minimum Gasteiger partial charge on any atom is -0.489 e. The summed E-state index contributed by atoms with van der Waals surface area (Å²) in [5.74, 6) is 0.487. The number of nitro benzene ring substituents is 1. The van der Waals surface area contributed by atoms with Gasteiger partial charge in [-0.15, -0.1) is 0 Å². The Hall–Kier alpha value is -1.90. The molecule has 0 fully saturated rings. The standard InChI is InChI=1S/C14H21N3O5/c1-10(18)16(11(2)19)6-5-15-7-8-22-14-9-12(17(20)21)3-4-13(14)15/h3-4,9-11,18-19H,5-8H2,1-2H3. The Labute approximate surface area is 128 Å². The molecule has 0 amide bonds. The number of aliphatic hydroxyl groups excluding tert-OH is 2. The zero-order chi connectivity index (χ0) is 16.3. The molecule has 0 saturated heterocycles. The molecule has 1 heterocycles. The molecule has 0 radical (unpaired) electrons. The molecule has 122 valence electrons. The molecule has 8 heteroatoms. The summed E-state index contributed by atoms with van der Waals surface area (Å²) in [6.45, 7) is 5.33. The van der Waals surface area contributed by atoms with Gasteiger partial charge in [0.1, 0.15) is 24.8 Å². The van der Waals surface area contributed by atoms with Crippen molar-refractivity contribution < 1.29 is 19.9 Å². The van der Waals surface area contributed by atoms with E-state index in [2.05, 4.69) is 0 Å². The number of rotatable bonds is 6. The van der Waals surface area contributed by atoms with Crippen molar-refractivity contribution in [2.45, 2.75) is 26.3 Å². The normalized spacial score (nSPS) is 16.9. The van der Waals surface area contributed by atoms with Crippen LogP contribution in [-0.4, -0.2) is 58.7 Å². The maximum Gasteiger partial charge on any atom is 0.273 e. The van der Waals surface area contributed by atoms with Gasteiger partial charge in [0.2, 0.25) is 0 Å². The average Bonchev–Trinajstić information content (AvgIpc) is 2.46. The van der Waals surface area contributed by atoms with Crippen molar-refractivity contribution in [1.29, 1.82) is 0 Å². The van der Waals surface area contributed by atoms with Crippen LogP contribution in [0.1, 0.15) is 13.8 Å². The third kappa shape index (κ3) is 3.65. The largest absolute Gasteiger partial charge is 0.489 e. The van der Waals surface area contributed by atoms with Crippen molar-refractivity contribution in [2.24, 2.45) is 0 Å². The van der Waals surface area contributed by atoms with E-state index in [1.165, 1.54) is 12.1 Å². The molecule has 1 aliphatic heterocycles. The predicted molar refractivity (Wildman–Crippen MR) is 80.9 cm³/mol. The zero-order valence-electron chi connectivity index (χ0n) is 12.7. The molecule has 0 spiro atoms. The molecule has 0 aliphatic carbocycles. The lowest BCUT2D eigenvalue weighted by molar-refractivity contribution is -0.384. The number of fused-ring (bicyclic) bond motifs is 1. The van der Waals surface area contributed by atoms with Gasteiger partial charge in [-0.3, -0.25) is 15.0 Å². The van der Waals surface area contributed by atoms with E-state index in [0.717, 1.165) is 5.69 Å². The van der Waals surface area contributed by atoms with Crippen LogP contribution < -0.4 is 9.64 Å². The highest BCUT2D eigenvalue weighted by atomic mass is 16.6. The van der Waals surface area contributed by atoms with Crippen molar-refractivity contribution in [2.75, 3.05) is 31.1 Å². The Morgan fingerprint density at radius 2 is 2.09 bits per heavy atom. The van der Waals surface area contributed by atoms with Crippen molar-refractivity contribution in [3.63, 3.8) is 0 Å². The topological polar surface area (TPSA) is 99.3 Å². The van der Waals surface area contributed by atoms with Gasteiger partial charge in [0.25, 0.3) is 5.69 Å². The molecule has 2 atom stereocenters. The number of benzene rings is 1. The minimum atomic E-state index is -0.752. The van der Waals surface area contributed by atoms with Gasteiger partial charge in [0.15, 0.2) is 0 Å². The fourth-order valence-electron chi connectivity index (χ4n) is 2.53. The Kier molecular flexibility index (Phi) is 5.17. The molecule has 8 nitrogen and oxygen atoms in total. The second kappa shape index (κ2) is 6.91. The van der Waals surface area contributed by atoms with Crippen LogP contribution in [0.5, 0.6) is 5.75 Å². The molecule has 0 bridgehead atoms. The van der Waals surface area contributed by atoms with E-state index in [-0.39, 0.29) is 5.69 Å². The average molecular weight is 311 g/mol. The molecule has 2 unspecified atom stereocenters. The molecule has 1 aromatic rings. The molecular formula is C14H21N3O5. The van der Waals surface area contributed by atoms with E-state index in [9.17, 15) is 20.3 Å². The number of nitro groups is 1. The first kappa shape index (κ1) is 16.5. The lowest BCUT2D eigenvalue weighted by Gasteiger charge is -2.34. The molecule has 2 rings (SSSR count). The Morgan fingerprint density at radius 1 is 1.41 bits per heavy atom. The van der Waals surface area contributed by atoms with Gasteiger partial charge < -0.3 is 19.8 Å². The number of aliphatic hydroxyl groups is 2.